The third kappa shape index (κ3) is 3.59. The Bertz CT molecular complexity index is 639. The molecule has 20 heavy (non-hydrogen) atoms. The van der Waals surface area contributed by atoms with Crippen LogP contribution < -0.4 is 5.32 Å². The lowest BCUT2D eigenvalue weighted by molar-refractivity contribution is -0.115. The van der Waals surface area contributed by atoms with Gasteiger partial charge in [0.25, 0.3) is 0 Å². The van der Waals surface area contributed by atoms with Crippen molar-refractivity contribution >= 4 is 29.4 Å². The van der Waals surface area contributed by atoms with Crippen LogP contribution >= 0.6 is 11.6 Å². The Morgan fingerprint density at radius 3 is 2.55 bits per heavy atom. The Balaban J connectivity index is 2.02. The van der Waals surface area contributed by atoms with Gasteiger partial charge in [-0.3, -0.25) is 4.79 Å². The van der Waals surface area contributed by atoms with E-state index in [9.17, 15) is 9.90 Å². The van der Waals surface area contributed by atoms with Gasteiger partial charge in [0.15, 0.2) is 0 Å². The fraction of sp³-hybridized carbons (Fsp3) is 0.0667. The molecule has 2 rings (SSSR count). The van der Waals surface area contributed by atoms with Crippen LogP contribution in [0.1, 0.15) is 11.1 Å². The second-order valence-corrected chi connectivity index (χ2v) is 4.71. The molecule has 0 atom stereocenters. The van der Waals surface area contributed by atoms with Crippen LogP contribution in [-0.2, 0) is 11.2 Å². The van der Waals surface area contributed by atoms with Gasteiger partial charge in [0.2, 0.25) is 5.91 Å². The van der Waals surface area contributed by atoms with Crippen molar-refractivity contribution in [1.82, 2.24) is 0 Å². The molecular formula is C15H13ClN2O2. The SMILES string of the molecule is N=Cc1ccc(NC(=O)Cc2ccc(Cl)cc2)cc1O. The number of hydrogen-bond acceptors (Lipinski definition) is 3. The van der Waals surface area contributed by atoms with E-state index in [1.165, 1.54) is 6.07 Å². The zero-order chi connectivity index (χ0) is 14.5. The van der Waals surface area contributed by atoms with Crippen molar-refractivity contribution in [2.75, 3.05) is 5.32 Å². The number of anilines is 1. The number of nitrogens with one attached hydrogen (secondary N) is 2. The maximum atomic E-state index is 11.9. The minimum atomic E-state index is -0.186. The van der Waals surface area contributed by atoms with Crippen molar-refractivity contribution in [2.24, 2.45) is 0 Å². The lowest BCUT2D eigenvalue weighted by Gasteiger charge is -2.07. The van der Waals surface area contributed by atoms with Gasteiger partial charge in [0, 0.05) is 28.6 Å². The number of phenols is 1. The number of carbonyl (C=O) groups is 1. The van der Waals surface area contributed by atoms with Gasteiger partial charge >= 0.3 is 0 Å². The summed E-state index contributed by atoms with van der Waals surface area (Å²) >= 11 is 5.78. The largest absolute Gasteiger partial charge is 0.507 e. The number of benzene rings is 2. The zero-order valence-corrected chi connectivity index (χ0v) is 11.3. The molecule has 102 valence electrons. The number of carbonyl (C=O) groups excluding carboxylic acids is 1. The Morgan fingerprint density at radius 1 is 1.25 bits per heavy atom. The number of rotatable bonds is 4. The monoisotopic (exact) mass is 288 g/mol. The molecule has 0 aliphatic carbocycles. The molecule has 0 bridgehead atoms. The van der Waals surface area contributed by atoms with Crippen LogP contribution in [0.5, 0.6) is 5.75 Å². The molecule has 2 aromatic carbocycles. The molecule has 1 amide bonds. The highest BCUT2D eigenvalue weighted by molar-refractivity contribution is 6.30. The summed E-state index contributed by atoms with van der Waals surface area (Å²) in [5, 5.41) is 20.0. The molecule has 0 unspecified atom stereocenters. The summed E-state index contributed by atoms with van der Waals surface area (Å²) < 4.78 is 0. The zero-order valence-electron chi connectivity index (χ0n) is 10.6. The maximum Gasteiger partial charge on any atom is 0.228 e. The van der Waals surface area contributed by atoms with Crippen LogP contribution in [0, 0.1) is 5.41 Å². The first-order valence-electron chi connectivity index (χ1n) is 5.96. The first-order chi connectivity index (χ1) is 9.58. The molecule has 5 heteroatoms. The summed E-state index contributed by atoms with van der Waals surface area (Å²) in [5.74, 6) is -0.224. The molecule has 0 aliphatic heterocycles. The van der Waals surface area contributed by atoms with Gasteiger partial charge in [-0.05, 0) is 29.8 Å². The molecule has 0 spiro atoms. The second kappa shape index (κ2) is 6.21. The first kappa shape index (κ1) is 14.1. The minimum absolute atomic E-state index is 0.0377. The smallest absolute Gasteiger partial charge is 0.228 e. The van der Waals surface area contributed by atoms with E-state index in [1.807, 2.05) is 0 Å². The summed E-state index contributed by atoms with van der Waals surface area (Å²) in [4.78, 5) is 11.9. The number of halogens is 1. The molecule has 0 fully saturated rings. The fourth-order valence-corrected chi connectivity index (χ4v) is 1.86. The molecule has 0 saturated carbocycles. The molecule has 4 nitrogen and oxygen atoms in total. The lowest BCUT2D eigenvalue weighted by atomic mass is 10.1. The highest BCUT2D eigenvalue weighted by atomic mass is 35.5. The molecule has 0 heterocycles. The van der Waals surface area contributed by atoms with Gasteiger partial charge in [0.05, 0.1) is 6.42 Å². The van der Waals surface area contributed by atoms with Crippen LogP contribution in [0.25, 0.3) is 0 Å². The van der Waals surface area contributed by atoms with E-state index < -0.39 is 0 Å². The van der Waals surface area contributed by atoms with Crippen LogP contribution in [0.4, 0.5) is 5.69 Å². The van der Waals surface area contributed by atoms with Crippen molar-refractivity contribution in [2.45, 2.75) is 6.42 Å². The van der Waals surface area contributed by atoms with E-state index in [1.54, 1.807) is 36.4 Å². The van der Waals surface area contributed by atoms with E-state index in [0.29, 0.717) is 16.3 Å². The summed E-state index contributed by atoms with van der Waals surface area (Å²) in [6.07, 6.45) is 1.28. The summed E-state index contributed by atoms with van der Waals surface area (Å²) in [6.45, 7) is 0. The lowest BCUT2D eigenvalue weighted by Crippen LogP contribution is -2.14. The average Bonchev–Trinajstić information content (AvgIpc) is 2.41. The number of hydrogen-bond donors (Lipinski definition) is 3. The third-order valence-electron chi connectivity index (χ3n) is 2.75. The minimum Gasteiger partial charge on any atom is -0.507 e. The van der Waals surface area contributed by atoms with Gasteiger partial charge < -0.3 is 15.8 Å². The molecule has 0 radical (unpaired) electrons. The Kier molecular flexibility index (Phi) is 4.38. The van der Waals surface area contributed by atoms with E-state index in [-0.39, 0.29) is 18.1 Å². The number of aromatic hydroxyl groups is 1. The van der Waals surface area contributed by atoms with Crippen LogP contribution in [0.3, 0.4) is 0 Å². The Morgan fingerprint density at radius 2 is 1.95 bits per heavy atom. The highest BCUT2D eigenvalue weighted by Gasteiger charge is 2.06. The highest BCUT2D eigenvalue weighted by Crippen LogP contribution is 2.20. The molecule has 0 saturated heterocycles. The van der Waals surface area contributed by atoms with Crippen LogP contribution in [0.2, 0.25) is 5.02 Å². The molecule has 3 N–H and O–H groups in total. The van der Waals surface area contributed by atoms with Crippen LogP contribution in [0.15, 0.2) is 42.5 Å². The second-order valence-electron chi connectivity index (χ2n) is 4.27. The molecule has 2 aromatic rings. The van der Waals surface area contributed by atoms with Crippen molar-refractivity contribution in [3.63, 3.8) is 0 Å². The molecular weight excluding hydrogens is 276 g/mol. The van der Waals surface area contributed by atoms with Gasteiger partial charge in [-0.25, -0.2) is 0 Å². The van der Waals surface area contributed by atoms with E-state index in [0.717, 1.165) is 11.8 Å². The molecule has 0 aliphatic rings. The summed E-state index contributed by atoms with van der Waals surface area (Å²) in [6, 6.07) is 11.7. The maximum absolute atomic E-state index is 11.9. The predicted molar refractivity (Wildman–Crippen MR) is 79.8 cm³/mol. The van der Waals surface area contributed by atoms with Crippen molar-refractivity contribution in [3.05, 3.63) is 58.6 Å². The summed E-state index contributed by atoms with van der Waals surface area (Å²) in [7, 11) is 0. The predicted octanol–water partition coefficient (Wildman–Crippen LogP) is 3.22. The average molecular weight is 289 g/mol. The molecule has 0 aromatic heterocycles. The fourth-order valence-electron chi connectivity index (χ4n) is 1.74. The summed E-state index contributed by atoms with van der Waals surface area (Å²) in [5.41, 5.74) is 1.75. The standard InChI is InChI=1S/C15H13ClN2O2/c16-12-4-1-10(2-5-12)7-15(20)18-13-6-3-11(9-17)14(19)8-13/h1-6,8-9,17,19H,7H2,(H,18,20). The Labute approximate surface area is 121 Å². The first-order valence-corrected chi connectivity index (χ1v) is 6.34. The van der Waals surface area contributed by atoms with Gasteiger partial charge in [-0.1, -0.05) is 23.7 Å². The number of amides is 1. The quantitative estimate of drug-likeness (QED) is 0.756. The normalized spacial score (nSPS) is 10.1. The number of phenolic OH excluding ortho intramolecular Hbond substituents is 1. The van der Waals surface area contributed by atoms with Gasteiger partial charge in [-0.15, -0.1) is 0 Å². The van der Waals surface area contributed by atoms with Crippen molar-refractivity contribution in [1.29, 1.82) is 5.41 Å². The van der Waals surface area contributed by atoms with E-state index in [2.05, 4.69) is 5.32 Å². The topological polar surface area (TPSA) is 73.2 Å². The van der Waals surface area contributed by atoms with Crippen molar-refractivity contribution < 1.29 is 9.90 Å². The van der Waals surface area contributed by atoms with Crippen LogP contribution in [-0.4, -0.2) is 17.2 Å². The van der Waals surface area contributed by atoms with E-state index >= 15 is 0 Å². The van der Waals surface area contributed by atoms with Gasteiger partial charge in [0.1, 0.15) is 5.75 Å². The Hall–Kier alpha value is -2.33. The third-order valence-corrected chi connectivity index (χ3v) is 3.00. The van der Waals surface area contributed by atoms with Crippen molar-refractivity contribution in [3.8, 4) is 5.75 Å². The van der Waals surface area contributed by atoms with E-state index in [4.69, 9.17) is 17.0 Å². The van der Waals surface area contributed by atoms with Gasteiger partial charge in [-0.2, -0.15) is 0 Å².